The molecule has 1 aliphatic rings. The Morgan fingerprint density at radius 3 is 2.65 bits per heavy atom. The van der Waals surface area contributed by atoms with Crippen molar-refractivity contribution >= 4 is 11.8 Å². The van der Waals surface area contributed by atoms with Crippen LogP contribution in [0.2, 0.25) is 0 Å². The summed E-state index contributed by atoms with van der Waals surface area (Å²) < 4.78 is 10.2. The molecule has 1 aromatic carbocycles. The molecule has 1 saturated heterocycles. The zero-order valence-electron chi connectivity index (χ0n) is 16.0. The maximum Gasteiger partial charge on any atom is 0.225 e. The van der Waals surface area contributed by atoms with E-state index in [1.54, 1.807) is 14.2 Å². The molecule has 1 aliphatic heterocycles. The molecule has 1 heterocycles. The van der Waals surface area contributed by atoms with Gasteiger partial charge in [0.1, 0.15) is 0 Å². The van der Waals surface area contributed by atoms with E-state index in [0.717, 1.165) is 17.5 Å². The van der Waals surface area contributed by atoms with E-state index in [-0.39, 0.29) is 23.8 Å². The zero-order valence-corrected chi connectivity index (χ0v) is 16.0. The molecular formula is C20H30N2O4. The van der Waals surface area contributed by atoms with E-state index in [0.29, 0.717) is 39.1 Å². The second-order valence-electron chi connectivity index (χ2n) is 6.66. The Hall–Kier alpha value is -1.92. The summed E-state index contributed by atoms with van der Waals surface area (Å²) in [5, 5.41) is 3.01. The second kappa shape index (κ2) is 10.3. The second-order valence-corrected chi connectivity index (χ2v) is 6.66. The molecule has 0 saturated carbocycles. The number of aryl methyl sites for hydroxylation is 1. The third-order valence-electron chi connectivity index (χ3n) is 4.91. The molecule has 1 fully saturated rings. The molecule has 1 N–H and O–H groups in total. The Kier molecular flexibility index (Phi) is 8.06. The highest BCUT2D eigenvalue weighted by atomic mass is 16.5. The van der Waals surface area contributed by atoms with Gasteiger partial charge in [-0.25, -0.2) is 0 Å². The average molecular weight is 362 g/mol. The van der Waals surface area contributed by atoms with Gasteiger partial charge >= 0.3 is 0 Å². The van der Waals surface area contributed by atoms with Gasteiger partial charge in [0.15, 0.2) is 0 Å². The fraction of sp³-hybridized carbons (Fsp3) is 0.600. The van der Waals surface area contributed by atoms with Gasteiger partial charge in [0.25, 0.3) is 0 Å². The third-order valence-corrected chi connectivity index (χ3v) is 4.91. The lowest BCUT2D eigenvalue weighted by atomic mass is 9.82. The number of rotatable bonds is 9. The number of likely N-dealkylation sites (tertiary alicyclic amines) is 1. The molecule has 6 nitrogen and oxygen atoms in total. The molecule has 26 heavy (non-hydrogen) atoms. The number of benzene rings is 1. The molecule has 0 spiro atoms. The predicted octanol–water partition coefficient (Wildman–Crippen LogP) is 2.07. The Morgan fingerprint density at radius 2 is 1.96 bits per heavy atom. The average Bonchev–Trinajstić information content (AvgIpc) is 2.64. The van der Waals surface area contributed by atoms with E-state index >= 15 is 0 Å². The highest BCUT2D eigenvalue weighted by molar-refractivity contribution is 5.85. The minimum atomic E-state index is -0.256. The van der Waals surface area contributed by atoms with Gasteiger partial charge in [0, 0.05) is 40.3 Å². The van der Waals surface area contributed by atoms with Crippen LogP contribution in [0.4, 0.5) is 0 Å². The molecule has 2 rings (SSSR count). The van der Waals surface area contributed by atoms with Crippen LogP contribution in [0.3, 0.4) is 0 Å². The summed E-state index contributed by atoms with van der Waals surface area (Å²) >= 11 is 0. The lowest BCUT2D eigenvalue weighted by Gasteiger charge is -2.41. The molecule has 0 radical (unpaired) electrons. The minimum absolute atomic E-state index is 0.00396. The van der Waals surface area contributed by atoms with Gasteiger partial charge in [0.05, 0.1) is 18.6 Å². The van der Waals surface area contributed by atoms with E-state index in [1.165, 1.54) is 0 Å². The van der Waals surface area contributed by atoms with Crippen molar-refractivity contribution in [3.8, 4) is 0 Å². The molecule has 0 unspecified atom stereocenters. The van der Waals surface area contributed by atoms with Gasteiger partial charge in [-0.05, 0) is 30.9 Å². The van der Waals surface area contributed by atoms with Crippen molar-refractivity contribution in [2.75, 3.05) is 40.5 Å². The summed E-state index contributed by atoms with van der Waals surface area (Å²) in [5.41, 5.74) is 2.13. The number of nitrogens with one attached hydrogen (secondary N) is 1. The maximum atomic E-state index is 12.9. The van der Waals surface area contributed by atoms with Crippen LogP contribution >= 0.6 is 0 Å². The van der Waals surface area contributed by atoms with Crippen molar-refractivity contribution in [3.05, 3.63) is 35.4 Å². The van der Waals surface area contributed by atoms with Crippen LogP contribution in [0.1, 0.15) is 36.4 Å². The highest BCUT2D eigenvalue weighted by Crippen LogP contribution is 2.38. The third kappa shape index (κ3) is 5.05. The number of piperidine rings is 1. The molecule has 0 aliphatic carbocycles. The van der Waals surface area contributed by atoms with Crippen molar-refractivity contribution in [2.45, 2.75) is 32.2 Å². The Labute approximate surface area is 155 Å². The maximum absolute atomic E-state index is 12.9. The minimum Gasteiger partial charge on any atom is -0.385 e. The molecule has 1 aromatic rings. The molecule has 6 heteroatoms. The summed E-state index contributed by atoms with van der Waals surface area (Å²) in [6.07, 6.45) is 1.73. The quantitative estimate of drug-likeness (QED) is 0.683. The summed E-state index contributed by atoms with van der Waals surface area (Å²) in [6, 6.07) is 7.72. The number of hydrogen-bond acceptors (Lipinski definition) is 4. The first kappa shape index (κ1) is 20.4. The van der Waals surface area contributed by atoms with Crippen LogP contribution in [0, 0.1) is 12.8 Å². The number of nitrogens with zero attached hydrogens (tertiary/aromatic N) is 1. The standard InChI is InChI=1S/C20H30N2O4/c1-15-7-4-5-8-16(15)19-17(20(24)21-11-6-13-25-2)9-10-18(23)22(19)12-14-26-3/h4-5,7-8,17,19H,6,9-14H2,1-3H3,(H,21,24)/t17-,19+/m1/s1. The molecule has 144 valence electrons. The number of hydrogen-bond donors (Lipinski definition) is 1. The van der Waals surface area contributed by atoms with E-state index in [4.69, 9.17) is 9.47 Å². The summed E-state index contributed by atoms with van der Waals surface area (Å²) in [7, 11) is 3.27. The first-order chi connectivity index (χ1) is 12.6. The monoisotopic (exact) mass is 362 g/mol. The zero-order chi connectivity index (χ0) is 18.9. The first-order valence-corrected chi connectivity index (χ1v) is 9.20. The number of ether oxygens (including phenoxy) is 2. The molecule has 0 aromatic heterocycles. The van der Waals surface area contributed by atoms with Crippen molar-refractivity contribution in [2.24, 2.45) is 5.92 Å². The number of methoxy groups -OCH3 is 2. The number of amides is 2. The van der Waals surface area contributed by atoms with Crippen LogP contribution in [0.25, 0.3) is 0 Å². The van der Waals surface area contributed by atoms with Gasteiger partial charge < -0.3 is 19.7 Å². The predicted molar refractivity (Wildman–Crippen MR) is 99.7 cm³/mol. The van der Waals surface area contributed by atoms with E-state index in [2.05, 4.69) is 5.32 Å². The van der Waals surface area contributed by atoms with E-state index < -0.39 is 0 Å². The SMILES string of the molecule is COCCCNC(=O)[C@@H]1CCC(=O)N(CCOC)[C@H]1c1ccccc1C. The van der Waals surface area contributed by atoms with Gasteiger partial charge in [-0.2, -0.15) is 0 Å². The Morgan fingerprint density at radius 1 is 1.23 bits per heavy atom. The number of carbonyl (C=O) groups is 2. The van der Waals surface area contributed by atoms with Crippen molar-refractivity contribution < 1.29 is 19.1 Å². The lowest BCUT2D eigenvalue weighted by Crippen LogP contribution is -2.49. The number of carbonyl (C=O) groups excluding carboxylic acids is 2. The Balaban J connectivity index is 2.24. The van der Waals surface area contributed by atoms with Crippen molar-refractivity contribution in [1.29, 1.82) is 0 Å². The molecule has 2 atom stereocenters. The molecule has 2 amide bonds. The highest BCUT2D eigenvalue weighted by Gasteiger charge is 2.40. The fourth-order valence-corrected chi connectivity index (χ4v) is 3.54. The molecule has 0 bridgehead atoms. The topological polar surface area (TPSA) is 67.9 Å². The fourth-order valence-electron chi connectivity index (χ4n) is 3.54. The van der Waals surface area contributed by atoms with Crippen molar-refractivity contribution in [3.63, 3.8) is 0 Å². The van der Waals surface area contributed by atoms with Crippen LogP contribution < -0.4 is 5.32 Å². The van der Waals surface area contributed by atoms with Crippen LogP contribution in [0.15, 0.2) is 24.3 Å². The van der Waals surface area contributed by atoms with Crippen molar-refractivity contribution in [1.82, 2.24) is 10.2 Å². The first-order valence-electron chi connectivity index (χ1n) is 9.20. The van der Waals surface area contributed by atoms with Gasteiger partial charge in [-0.3, -0.25) is 9.59 Å². The summed E-state index contributed by atoms with van der Waals surface area (Å²) in [4.78, 5) is 27.3. The lowest BCUT2D eigenvalue weighted by molar-refractivity contribution is -0.144. The largest absolute Gasteiger partial charge is 0.385 e. The van der Waals surface area contributed by atoms with Gasteiger partial charge in [0.2, 0.25) is 11.8 Å². The smallest absolute Gasteiger partial charge is 0.225 e. The molecular weight excluding hydrogens is 332 g/mol. The van der Waals surface area contributed by atoms with Gasteiger partial charge in [-0.15, -0.1) is 0 Å². The van der Waals surface area contributed by atoms with Crippen LogP contribution in [-0.2, 0) is 19.1 Å². The van der Waals surface area contributed by atoms with E-state index in [9.17, 15) is 9.59 Å². The van der Waals surface area contributed by atoms with E-state index in [1.807, 2.05) is 36.1 Å². The summed E-state index contributed by atoms with van der Waals surface area (Å²) in [5.74, 6) is -0.170. The van der Waals surface area contributed by atoms with Crippen LogP contribution in [0.5, 0.6) is 0 Å². The van der Waals surface area contributed by atoms with Crippen LogP contribution in [-0.4, -0.2) is 57.2 Å². The normalized spacial score (nSPS) is 20.3. The summed E-state index contributed by atoms with van der Waals surface area (Å²) in [6.45, 7) is 4.16. The van der Waals surface area contributed by atoms with Gasteiger partial charge in [-0.1, -0.05) is 24.3 Å². The Bertz CT molecular complexity index is 605.